The van der Waals surface area contributed by atoms with Gasteiger partial charge in [0.2, 0.25) is 0 Å². The molecule has 0 radical (unpaired) electrons. The summed E-state index contributed by atoms with van der Waals surface area (Å²) in [6.45, 7) is 0. The first kappa shape index (κ1) is 30.4. The van der Waals surface area contributed by atoms with Crippen LogP contribution in [-0.4, -0.2) is 14.1 Å². The van der Waals surface area contributed by atoms with Crippen LogP contribution >= 0.6 is 0 Å². The Balaban J connectivity index is 1.36. The van der Waals surface area contributed by atoms with Crippen LogP contribution in [0.4, 0.5) is 0 Å². The second-order valence-corrected chi connectivity index (χ2v) is 14.0. The van der Waals surface area contributed by atoms with Gasteiger partial charge in [0.1, 0.15) is 0 Å². The Morgan fingerprint density at radius 2 is 0.870 bits per heavy atom. The molecule has 0 saturated carbocycles. The molecule has 0 fully saturated rings. The minimum atomic E-state index is 0.934. The topological polar surface area (TPSA) is 22.8 Å². The van der Waals surface area contributed by atoms with Gasteiger partial charge in [0.05, 0.1) is 39.1 Å². The molecule has 3 heterocycles. The van der Waals surface area contributed by atoms with Crippen LogP contribution in [0.5, 0.6) is 0 Å². The fourth-order valence-corrected chi connectivity index (χ4v) is 8.45. The number of aromatic nitrogens is 3. The predicted octanol–water partition coefficient (Wildman–Crippen LogP) is 13.4. The second kappa shape index (κ2) is 12.2. The zero-order valence-electron chi connectivity index (χ0n) is 29.4. The first-order valence-electron chi connectivity index (χ1n) is 18.5. The average molecular weight is 688 g/mol. The lowest BCUT2D eigenvalue weighted by molar-refractivity contribution is 1.14. The Morgan fingerprint density at radius 3 is 1.56 bits per heavy atom. The van der Waals surface area contributed by atoms with Gasteiger partial charge in [0, 0.05) is 38.4 Å². The van der Waals surface area contributed by atoms with Crippen LogP contribution in [0.1, 0.15) is 0 Å². The number of benzene rings is 8. The Morgan fingerprint density at radius 1 is 0.333 bits per heavy atom. The van der Waals surface area contributed by atoms with Gasteiger partial charge in [-0.1, -0.05) is 152 Å². The zero-order chi connectivity index (χ0) is 35.6. The Kier molecular flexibility index (Phi) is 6.86. The van der Waals surface area contributed by atoms with Crippen LogP contribution in [0.15, 0.2) is 200 Å². The smallest absolute Gasteiger partial charge is 0.0795 e. The molecule has 54 heavy (non-hydrogen) atoms. The highest BCUT2D eigenvalue weighted by Gasteiger charge is 2.25. The summed E-state index contributed by atoms with van der Waals surface area (Å²) < 4.78 is 4.96. The molecule has 0 N–H and O–H groups in total. The highest BCUT2D eigenvalue weighted by atomic mass is 15.0. The van der Waals surface area contributed by atoms with Crippen molar-refractivity contribution in [1.29, 1.82) is 0 Å². The fourth-order valence-electron chi connectivity index (χ4n) is 8.45. The van der Waals surface area contributed by atoms with Crippen molar-refractivity contribution < 1.29 is 0 Å². The molecule has 0 saturated heterocycles. The van der Waals surface area contributed by atoms with Crippen molar-refractivity contribution >= 4 is 54.4 Å². The summed E-state index contributed by atoms with van der Waals surface area (Å²) in [5.74, 6) is 0. The Bertz CT molecular complexity index is 3130. The lowest BCUT2D eigenvalue weighted by Crippen LogP contribution is -2.01. The van der Waals surface area contributed by atoms with Crippen LogP contribution in [-0.2, 0) is 0 Å². The van der Waals surface area contributed by atoms with E-state index in [1.807, 2.05) is 0 Å². The van der Waals surface area contributed by atoms with Crippen LogP contribution < -0.4 is 0 Å². The lowest BCUT2D eigenvalue weighted by atomic mass is 9.95. The molecule has 0 unspecified atom stereocenters. The van der Waals surface area contributed by atoms with Gasteiger partial charge in [-0.25, -0.2) is 4.98 Å². The molecule has 11 aromatic rings. The molecule has 3 nitrogen and oxygen atoms in total. The van der Waals surface area contributed by atoms with Crippen molar-refractivity contribution in [2.24, 2.45) is 0 Å². The summed E-state index contributed by atoms with van der Waals surface area (Å²) in [6, 6.07) is 72.1. The van der Waals surface area contributed by atoms with E-state index in [-0.39, 0.29) is 0 Å². The molecule has 252 valence electrons. The van der Waals surface area contributed by atoms with Crippen LogP contribution in [0.2, 0.25) is 0 Å². The van der Waals surface area contributed by atoms with Gasteiger partial charge in [0.15, 0.2) is 0 Å². The predicted molar refractivity (Wildman–Crippen MR) is 227 cm³/mol. The molecule has 8 aromatic carbocycles. The van der Waals surface area contributed by atoms with Crippen molar-refractivity contribution in [3.8, 4) is 45.0 Å². The minimum Gasteiger partial charge on any atom is -0.307 e. The maximum atomic E-state index is 5.28. The van der Waals surface area contributed by atoms with E-state index < -0.39 is 0 Å². The molecular weight excluding hydrogens is 655 g/mol. The van der Waals surface area contributed by atoms with E-state index in [0.717, 1.165) is 39.4 Å². The van der Waals surface area contributed by atoms with Gasteiger partial charge in [-0.05, 0) is 70.4 Å². The Hall–Kier alpha value is -7.23. The number of nitrogens with zero attached hydrogens (tertiary/aromatic N) is 3. The standard InChI is InChI=1S/C51H33N3/c1-4-17-35(18-5-1)45-31-40(32-46(52-45)36-19-6-2-7-20-36)54-48-27-15-13-25-42(48)49-43(38-29-28-34-16-10-11-21-37(34)30-38)33-44-41-24-12-14-26-47(41)53(50(44)51(49)54)39-22-8-3-9-23-39/h1-33H. The van der Waals surface area contributed by atoms with Gasteiger partial charge in [-0.3, -0.25) is 0 Å². The third kappa shape index (κ3) is 4.72. The first-order valence-corrected chi connectivity index (χ1v) is 18.5. The van der Waals surface area contributed by atoms with Crippen LogP contribution in [0.25, 0.3) is 99.4 Å². The minimum absolute atomic E-state index is 0.934. The summed E-state index contributed by atoms with van der Waals surface area (Å²) >= 11 is 0. The molecule has 11 rings (SSSR count). The molecular formula is C51H33N3. The SMILES string of the molecule is c1ccc(-c2cc(-n3c4ccccc4c4c(-c5ccc6ccccc6c5)cc5c6ccccc6n(-c6ccccc6)c5c43)cc(-c3ccccc3)n2)cc1. The molecule has 0 spiro atoms. The summed E-state index contributed by atoms with van der Waals surface area (Å²) in [5.41, 5.74) is 13.3. The quantitative estimate of drug-likeness (QED) is 0.177. The Labute approximate surface area is 312 Å². The molecule has 0 aliphatic carbocycles. The molecule has 0 atom stereocenters. The van der Waals surface area contributed by atoms with Crippen molar-refractivity contribution in [3.05, 3.63) is 200 Å². The number of fused-ring (bicyclic) bond motifs is 8. The van der Waals surface area contributed by atoms with E-state index in [9.17, 15) is 0 Å². The molecule has 0 aliphatic heterocycles. The number of para-hydroxylation sites is 3. The number of hydrogen-bond acceptors (Lipinski definition) is 1. The fraction of sp³-hybridized carbons (Fsp3) is 0. The van der Waals surface area contributed by atoms with E-state index >= 15 is 0 Å². The van der Waals surface area contributed by atoms with Gasteiger partial charge < -0.3 is 9.13 Å². The monoisotopic (exact) mass is 687 g/mol. The van der Waals surface area contributed by atoms with Crippen molar-refractivity contribution in [3.63, 3.8) is 0 Å². The first-order chi connectivity index (χ1) is 26.8. The average Bonchev–Trinajstić information content (AvgIpc) is 3.77. The van der Waals surface area contributed by atoms with Crippen LogP contribution in [0.3, 0.4) is 0 Å². The van der Waals surface area contributed by atoms with Crippen LogP contribution in [0, 0.1) is 0 Å². The lowest BCUT2D eigenvalue weighted by Gasteiger charge is -2.16. The van der Waals surface area contributed by atoms with E-state index in [0.29, 0.717) is 0 Å². The summed E-state index contributed by atoms with van der Waals surface area (Å²) in [5, 5.41) is 7.35. The van der Waals surface area contributed by atoms with E-state index in [2.05, 4.69) is 209 Å². The third-order valence-electron chi connectivity index (χ3n) is 10.9. The van der Waals surface area contributed by atoms with Gasteiger partial charge in [-0.15, -0.1) is 0 Å². The summed E-state index contributed by atoms with van der Waals surface area (Å²) in [7, 11) is 0. The second-order valence-electron chi connectivity index (χ2n) is 14.0. The van der Waals surface area contributed by atoms with E-state index in [4.69, 9.17) is 4.98 Å². The van der Waals surface area contributed by atoms with Gasteiger partial charge >= 0.3 is 0 Å². The van der Waals surface area contributed by atoms with E-state index in [1.165, 1.54) is 60.0 Å². The highest BCUT2D eigenvalue weighted by molar-refractivity contribution is 6.28. The molecule has 3 heteroatoms. The molecule has 0 amide bonds. The van der Waals surface area contributed by atoms with Crippen molar-refractivity contribution in [2.45, 2.75) is 0 Å². The number of hydrogen-bond donors (Lipinski definition) is 0. The number of rotatable bonds is 5. The molecule has 0 bridgehead atoms. The highest BCUT2D eigenvalue weighted by Crippen LogP contribution is 2.47. The zero-order valence-corrected chi connectivity index (χ0v) is 29.4. The normalized spacial score (nSPS) is 11.7. The van der Waals surface area contributed by atoms with E-state index in [1.54, 1.807) is 0 Å². The third-order valence-corrected chi connectivity index (χ3v) is 10.9. The maximum Gasteiger partial charge on any atom is 0.0795 e. The van der Waals surface area contributed by atoms with Crippen molar-refractivity contribution in [1.82, 2.24) is 14.1 Å². The van der Waals surface area contributed by atoms with Crippen molar-refractivity contribution in [2.75, 3.05) is 0 Å². The summed E-state index contributed by atoms with van der Waals surface area (Å²) in [4.78, 5) is 5.28. The summed E-state index contributed by atoms with van der Waals surface area (Å²) in [6.07, 6.45) is 0. The largest absolute Gasteiger partial charge is 0.307 e. The molecule has 0 aliphatic rings. The maximum absolute atomic E-state index is 5.28. The van der Waals surface area contributed by atoms with Gasteiger partial charge in [0.25, 0.3) is 0 Å². The van der Waals surface area contributed by atoms with Gasteiger partial charge in [-0.2, -0.15) is 0 Å². The molecule has 3 aromatic heterocycles. The number of pyridine rings is 1.